The number of amides is 1. The maximum Gasteiger partial charge on any atom is 0.350 e. The zero-order valence-corrected chi connectivity index (χ0v) is 17.1. The highest BCUT2D eigenvalue weighted by atomic mass is 32.1. The molecule has 0 saturated heterocycles. The van der Waals surface area contributed by atoms with Crippen LogP contribution in [0, 0.1) is 5.92 Å². The smallest absolute Gasteiger partial charge is 0.350 e. The molecule has 0 spiro atoms. The van der Waals surface area contributed by atoms with E-state index in [2.05, 4.69) is 36.1 Å². The summed E-state index contributed by atoms with van der Waals surface area (Å²) in [6.07, 6.45) is 1.42. The molecule has 0 aromatic carbocycles. The number of nitrogens with one attached hydrogen (secondary N) is 1. The number of methoxy groups -OCH3 is 1. The van der Waals surface area contributed by atoms with Crippen molar-refractivity contribution in [2.75, 3.05) is 26.0 Å². The van der Waals surface area contributed by atoms with Gasteiger partial charge in [-0.15, -0.1) is 11.3 Å². The summed E-state index contributed by atoms with van der Waals surface area (Å²) in [6.45, 7) is 6.00. The number of carbonyl (C=O) groups is 2. The minimum Gasteiger partial charge on any atom is -0.465 e. The molecule has 0 unspecified atom stereocenters. The van der Waals surface area contributed by atoms with Crippen LogP contribution in [0.3, 0.4) is 0 Å². The fraction of sp³-hybridized carbons (Fsp3) is 0.350. The molecule has 3 aromatic heterocycles. The number of anilines is 1. The lowest BCUT2D eigenvalue weighted by atomic mass is 10.2. The van der Waals surface area contributed by atoms with E-state index in [1.165, 1.54) is 24.7 Å². The van der Waals surface area contributed by atoms with Gasteiger partial charge in [-0.3, -0.25) is 4.79 Å². The van der Waals surface area contributed by atoms with Crippen LogP contribution in [0.5, 0.6) is 0 Å². The van der Waals surface area contributed by atoms with Crippen LogP contribution in [0.2, 0.25) is 0 Å². The second-order valence-electron chi connectivity index (χ2n) is 6.98. The molecule has 7 nitrogen and oxygen atoms in total. The number of fused-ring (bicyclic) bond motifs is 1. The van der Waals surface area contributed by atoms with E-state index in [0.29, 0.717) is 33.2 Å². The molecule has 0 bridgehead atoms. The number of ether oxygens (including phenoxy) is 1. The number of hydrogen-bond donors (Lipinski definition) is 1. The Morgan fingerprint density at radius 1 is 1.32 bits per heavy atom. The molecule has 3 heterocycles. The van der Waals surface area contributed by atoms with Gasteiger partial charge in [0.25, 0.3) is 5.91 Å². The SMILES string of the molecule is COC(=O)c1sc2nc(CN(C)CC(C)C)ccc2c1NC(=O)c1ccco1. The van der Waals surface area contributed by atoms with Crippen LogP contribution < -0.4 is 5.32 Å². The molecule has 148 valence electrons. The monoisotopic (exact) mass is 401 g/mol. The van der Waals surface area contributed by atoms with Gasteiger partial charge in [-0.25, -0.2) is 9.78 Å². The second-order valence-corrected chi connectivity index (χ2v) is 7.97. The van der Waals surface area contributed by atoms with Gasteiger partial charge in [-0.1, -0.05) is 13.8 Å². The lowest BCUT2D eigenvalue weighted by Crippen LogP contribution is -2.23. The molecular weight excluding hydrogens is 378 g/mol. The van der Waals surface area contributed by atoms with Gasteiger partial charge < -0.3 is 19.4 Å². The third kappa shape index (κ3) is 4.40. The average Bonchev–Trinajstić information content (AvgIpc) is 3.28. The standard InChI is InChI=1S/C20H23N3O4S/c1-12(2)10-23(3)11-13-7-8-14-16(22-18(24)15-6-5-9-27-15)17(20(25)26-4)28-19(14)21-13/h5-9,12H,10-11H2,1-4H3,(H,22,24). The van der Waals surface area contributed by atoms with Crippen molar-refractivity contribution in [3.8, 4) is 0 Å². The van der Waals surface area contributed by atoms with Gasteiger partial charge in [0.05, 0.1) is 24.8 Å². The first-order valence-corrected chi connectivity index (χ1v) is 9.74. The third-order valence-corrected chi connectivity index (χ3v) is 5.16. The van der Waals surface area contributed by atoms with Crippen molar-refractivity contribution in [2.45, 2.75) is 20.4 Å². The number of esters is 1. The van der Waals surface area contributed by atoms with Gasteiger partial charge in [0.15, 0.2) is 5.76 Å². The van der Waals surface area contributed by atoms with Crippen molar-refractivity contribution in [3.05, 3.63) is 46.9 Å². The number of rotatable bonds is 7. The Kier molecular flexibility index (Phi) is 6.11. The molecule has 0 aliphatic carbocycles. The fourth-order valence-electron chi connectivity index (χ4n) is 3.01. The van der Waals surface area contributed by atoms with Crippen LogP contribution in [0.25, 0.3) is 10.2 Å². The molecule has 0 saturated carbocycles. The first-order valence-electron chi connectivity index (χ1n) is 8.93. The topological polar surface area (TPSA) is 84.7 Å². The molecule has 3 rings (SSSR count). The van der Waals surface area contributed by atoms with Crippen molar-refractivity contribution >= 4 is 39.1 Å². The van der Waals surface area contributed by atoms with Crippen molar-refractivity contribution in [2.24, 2.45) is 5.92 Å². The van der Waals surface area contributed by atoms with Crippen molar-refractivity contribution in [1.82, 2.24) is 9.88 Å². The highest BCUT2D eigenvalue weighted by Crippen LogP contribution is 2.36. The number of carbonyl (C=O) groups excluding carboxylic acids is 2. The Bertz CT molecular complexity index is 979. The van der Waals surface area contributed by atoms with Gasteiger partial charge in [0.1, 0.15) is 9.71 Å². The molecule has 3 aromatic rings. The zero-order chi connectivity index (χ0) is 20.3. The molecule has 1 amide bonds. The van der Waals surface area contributed by atoms with Crippen molar-refractivity contribution in [3.63, 3.8) is 0 Å². The van der Waals surface area contributed by atoms with E-state index < -0.39 is 11.9 Å². The zero-order valence-electron chi connectivity index (χ0n) is 16.3. The van der Waals surface area contributed by atoms with Crippen LogP contribution in [0.1, 0.15) is 39.8 Å². The van der Waals surface area contributed by atoms with Crippen molar-refractivity contribution in [1.29, 1.82) is 0 Å². The van der Waals surface area contributed by atoms with E-state index in [1.54, 1.807) is 12.1 Å². The summed E-state index contributed by atoms with van der Waals surface area (Å²) in [4.78, 5) is 32.5. The minimum atomic E-state index is -0.517. The quantitative estimate of drug-likeness (QED) is 0.602. The van der Waals surface area contributed by atoms with E-state index in [-0.39, 0.29) is 5.76 Å². The van der Waals surface area contributed by atoms with E-state index in [9.17, 15) is 9.59 Å². The molecule has 0 atom stereocenters. The highest BCUT2D eigenvalue weighted by Gasteiger charge is 2.23. The van der Waals surface area contributed by atoms with E-state index in [0.717, 1.165) is 12.2 Å². The number of pyridine rings is 1. The third-order valence-electron chi connectivity index (χ3n) is 4.08. The summed E-state index contributed by atoms with van der Waals surface area (Å²) in [5, 5.41) is 3.46. The predicted molar refractivity (Wildman–Crippen MR) is 109 cm³/mol. The number of aromatic nitrogens is 1. The summed E-state index contributed by atoms with van der Waals surface area (Å²) < 4.78 is 10.0. The van der Waals surface area contributed by atoms with Gasteiger partial charge in [-0.2, -0.15) is 0 Å². The second kappa shape index (κ2) is 8.53. The number of nitrogens with zero attached hydrogens (tertiary/aromatic N) is 2. The minimum absolute atomic E-state index is 0.162. The van der Waals surface area contributed by atoms with Gasteiger partial charge in [-0.05, 0) is 37.2 Å². The van der Waals surface area contributed by atoms with Gasteiger partial charge in [0, 0.05) is 18.5 Å². The van der Waals surface area contributed by atoms with Crippen LogP contribution in [-0.2, 0) is 11.3 Å². The summed E-state index contributed by atoms with van der Waals surface area (Å²) in [7, 11) is 3.36. The molecule has 0 fully saturated rings. The van der Waals surface area contributed by atoms with Crippen LogP contribution in [-0.4, -0.2) is 42.5 Å². The lowest BCUT2D eigenvalue weighted by molar-refractivity contribution is 0.0607. The van der Waals surface area contributed by atoms with Crippen LogP contribution in [0.4, 0.5) is 5.69 Å². The van der Waals surface area contributed by atoms with Crippen molar-refractivity contribution < 1.29 is 18.7 Å². The molecule has 1 N–H and O–H groups in total. The predicted octanol–water partition coefficient (Wildman–Crippen LogP) is 4.02. The summed E-state index contributed by atoms with van der Waals surface area (Å²) in [5.41, 5.74) is 1.29. The van der Waals surface area contributed by atoms with Gasteiger partial charge >= 0.3 is 5.97 Å². The summed E-state index contributed by atoms with van der Waals surface area (Å²) in [6, 6.07) is 6.98. The molecule has 8 heteroatoms. The summed E-state index contributed by atoms with van der Waals surface area (Å²) in [5.74, 6) is -0.230. The fourth-order valence-corrected chi connectivity index (χ4v) is 4.08. The Morgan fingerprint density at radius 2 is 2.11 bits per heavy atom. The molecule has 0 radical (unpaired) electrons. The number of furan rings is 1. The average molecular weight is 401 g/mol. The van der Waals surface area contributed by atoms with E-state index >= 15 is 0 Å². The molecule has 0 aliphatic heterocycles. The summed E-state index contributed by atoms with van der Waals surface area (Å²) >= 11 is 1.20. The lowest BCUT2D eigenvalue weighted by Gasteiger charge is -2.18. The maximum atomic E-state index is 12.4. The van der Waals surface area contributed by atoms with Crippen LogP contribution >= 0.6 is 11.3 Å². The number of hydrogen-bond acceptors (Lipinski definition) is 7. The molecule has 28 heavy (non-hydrogen) atoms. The molecule has 0 aliphatic rings. The Labute approximate surface area is 167 Å². The molecular formula is C20H23N3O4S. The maximum absolute atomic E-state index is 12.4. The van der Waals surface area contributed by atoms with Crippen LogP contribution in [0.15, 0.2) is 34.9 Å². The van der Waals surface area contributed by atoms with E-state index in [1.807, 2.05) is 12.1 Å². The Balaban J connectivity index is 1.94. The Morgan fingerprint density at radius 3 is 2.75 bits per heavy atom. The van der Waals surface area contributed by atoms with Gasteiger partial charge in [0.2, 0.25) is 0 Å². The number of thiophene rings is 1. The first kappa shape index (κ1) is 20.0. The Hall–Kier alpha value is -2.71. The normalized spacial score (nSPS) is 11.4. The van der Waals surface area contributed by atoms with E-state index in [4.69, 9.17) is 9.15 Å². The highest BCUT2D eigenvalue weighted by molar-refractivity contribution is 7.21. The first-order chi connectivity index (χ1) is 13.4. The largest absolute Gasteiger partial charge is 0.465 e.